The molecule has 0 aliphatic carbocycles. The fourth-order valence-electron chi connectivity index (χ4n) is 3.33. The average Bonchev–Trinajstić information content (AvgIpc) is 2.57. The molecule has 136 valence electrons. The van der Waals surface area contributed by atoms with Crippen molar-refractivity contribution in [1.29, 1.82) is 0 Å². The summed E-state index contributed by atoms with van der Waals surface area (Å²) in [4.78, 5) is 16.4. The van der Waals surface area contributed by atoms with Crippen molar-refractivity contribution in [3.8, 4) is 0 Å². The summed E-state index contributed by atoms with van der Waals surface area (Å²) in [7, 11) is 0. The van der Waals surface area contributed by atoms with E-state index in [0.717, 1.165) is 25.1 Å². The van der Waals surface area contributed by atoms with Crippen LogP contribution in [0.15, 0.2) is 42.3 Å². The Balaban J connectivity index is 1.66. The Morgan fingerprint density at radius 3 is 2.40 bits per heavy atom. The number of allylic oxidation sites excluding steroid dienone is 1. The van der Waals surface area contributed by atoms with Gasteiger partial charge in [-0.05, 0) is 39.8 Å². The Kier molecular flexibility index (Phi) is 4.67. The second kappa shape index (κ2) is 6.62. The first-order valence-corrected chi connectivity index (χ1v) is 8.93. The van der Waals surface area contributed by atoms with Crippen LogP contribution in [0.1, 0.15) is 40.5 Å². The van der Waals surface area contributed by atoms with E-state index in [1.54, 1.807) is 4.90 Å². The Morgan fingerprint density at radius 2 is 1.80 bits per heavy atom. The lowest BCUT2D eigenvalue weighted by molar-refractivity contribution is -0.0415. The summed E-state index contributed by atoms with van der Waals surface area (Å²) >= 11 is 0. The molecule has 0 radical (unpaired) electrons. The van der Waals surface area contributed by atoms with E-state index in [0.29, 0.717) is 13.1 Å². The third-order valence-electron chi connectivity index (χ3n) is 4.75. The summed E-state index contributed by atoms with van der Waals surface area (Å²) in [5.41, 5.74) is 1.57. The maximum absolute atomic E-state index is 12.3. The molecule has 0 saturated carbocycles. The van der Waals surface area contributed by atoms with Gasteiger partial charge in [-0.2, -0.15) is 0 Å². The number of benzene rings is 1. The number of carbonyl (C=O) groups excluding carboxylic acids is 1. The smallest absolute Gasteiger partial charge is 0.410 e. The predicted octanol–water partition coefficient (Wildman–Crippen LogP) is 4.15. The van der Waals surface area contributed by atoms with Crippen LogP contribution in [0.25, 0.3) is 0 Å². The van der Waals surface area contributed by atoms with Gasteiger partial charge < -0.3 is 19.3 Å². The lowest BCUT2D eigenvalue weighted by Gasteiger charge is -2.46. The van der Waals surface area contributed by atoms with Gasteiger partial charge in [-0.1, -0.05) is 18.2 Å². The molecule has 5 nitrogen and oxygen atoms in total. The molecule has 1 spiro atoms. The van der Waals surface area contributed by atoms with Crippen LogP contribution in [-0.4, -0.2) is 41.8 Å². The Bertz CT molecular complexity index is 641. The van der Waals surface area contributed by atoms with Gasteiger partial charge in [0.05, 0.1) is 6.54 Å². The first kappa shape index (κ1) is 17.6. The highest BCUT2D eigenvalue weighted by Crippen LogP contribution is 2.35. The predicted molar refractivity (Wildman–Crippen MR) is 98.4 cm³/mol. The van der Waals surface area contributed by atoms with Crippen molar-refractivity contribution in [2.24, 2.45) is 0 Å². The highest BCUT2D eigenvalue weighted by molar-refractivity contribution is 5.68. The first-order valence-electron chi connectivity index (χ1n) is 8.93. The molecule has 0 aromatic heterocycles. The van der Waals surface area contributed by atoms with Crippen LogP contribution in [0.2, 0.25) is 0 Å². The summed E-state index contributed by atoms with van der Waals surface area (Å²) in [6.45, 7) is 9.87. The van der Waals surface area contributed by atoms with E-state index in [1.807, 2.05) is 33.1 Å². The largest absolute Gasteiger partial charge is 0.491 e. The number of hydrogen-bond acceptors (Lipinski definition) is 4. The maximum atomic E-state index is 12.3. The number of nitrogens with zero attached hydrogens (tertiary/aromatic N) is 2. The molecule has 0 atom stereocenters. The molecule has 1 saturated heterocycles. The van der Waals surface area contributed by atoms with E-state index in [-0.39, 0.29) is 11.7 Å². The van der Waals surface area contributed by atoms with Crippen LogP contribution in [0.4, 0.5) is 10.5 Å². The topological polar surface area (TPSA) is 42.0 Å². The maximum Gasteiger partial charge on any atom is 0.410 e. The molecule has 0 unspecified atom stereocenters. The number of anilines is 1. The number of piperidine rings is 1. The summed E-state index contributed by atoms with van der Waals surface area (Å²) < 4.78 is 11.6. The van der Waals surface area contributed by atoms with Crippen LogP contribution in [-0.2, 0) is 9.47 Å². The van der Waals surface area contributed by atoms with Crippen molar-refractivity contribution < 1.29 is 14.3 Å². The first-order chi connectivity index (χ1) is 11.8. The monoisotopic (exact) mass is 344 g/mol. The van der Waals surface area contributed by atoms with Gasteiger partial charge in [-0.3, -0.25) is 0 Å². The quantitative estimate of drug-likeness (QED) is 0.767. The summed E-state index contributed by atoms with van der Waals surface area (Å²) in [5, 5.41) is 0. The fraction of sp³-hybridized carbons (Fsp3) is 0.550. The van der Waals surface area contributed by atoms with Crippen molar-refractivity contribution in [1.82, 2.24) is 4.90 Å². The standard InChI is InChI=1S/C20H28N2O3/c1-16-14-24-20(15-22(16)17-8-6-5-7-9-17)10-12-21(13-11-20)18(23)25-19(2,3)4/h5-9,14H,10-13,15H2,1-4H3. The van der Waals surface area contributed by atoms with E-state index in [2.05, 4.69) is 36.1 Å². The highest BCUT2D eigenvalue weighted by atomic mass is 16.6. The average molecular weight is 344 g/mol. The van der Waals surface area contributed by atoms with Gasteiger partial charge in [0, 0.05) is 37.3 Å². The molecular weight excluding hydrogens is 316 g/mol. The second-order valence-electron chi connectivity index (χ2n) is 7.95. The number of amides is 1. The molecule has 1 amide bonds. The van der Waals surface area contributed by atoms with Gasteiger partial charge in [0.25, 0.3) is 0 Å². The van der Waals surface area contributed by atoms with Crippen molar-refractivity contribution in [3.63, 3.8) is 0 Å². The third kappa shape index (κ3) is 4.09. The van der Waals surface area contributed by atoms with E-state index >= 15 is 0 Å². The normalized spacial score (nSPS) is 20.1. The van der Waals surface area contributed by atoms with Gasteiger partial charge in [-0.15, -0.1) is 0 Å². The van der Waals surface area contributed by atoms with Gasteiger partial charge in [0.15, 0.2) is 0 Å². The lowest BCUT2D eigenvalue weighted by Crippen LogP contribution is -2.55. The molecule has 25 heavy (non-hydrogen) atoms. The summed E-state index contributed by atoms with van der Waals surface area (Å²) in [6.07, 6.45) is 3.24. The van der Waals surface area contributed by atoms with Gasteiger partial charge in [-0.25, -0.2) is 4.79 Å². The van der Waals surface area contributed by atoms with E-state index in [1.165, 1.54) is 5.69 Å². The Labute approximate surface area is 150 Å². The van der Waals surface area contributed by atoms with Crippen LogP contribution >= 0.6 is 0 Å². The van der Waals surface area contributed by atoms with Crippen LogP contribution in [0.5, 0.6) is 0 Å². The molecule has 1 fully saturated rings. The summed E-state index contributed by atoms with van der Waals surface area (Å²) in [6, 6.07) is 10.4. The van der Waals surface area contributed by atoms with Crippen molar-refractivity contribution >= 4 is 11.8 Å². The van der Waals surface area contributed by atoms with Crippen LogP contribution in [0.3, 0.4) is 0 Å². The molecule has 0 bridgehead atoms. The van der Waals surface area contributed by atoms with Gasteiger partial charge >= 0.3 is 6.09 Å². The molecule has 2 heterocycles. The minimum atomic E-state index is -0.461. The van der Waals surface area contributed by atoms with Crippen LogP contribution < -0.4 is 4.90 Å². The van der Waals surface area contributed by atoms with E-state index in [4.69, 9.17) is 9.47 Å². The molecule has 2 aliphatic heterocycles. The molecule has 3 rings (SSSR count). The minimum Gasteiger partial charge on any atom is -0.491 e. The number of para-hydroxylation sites is 1. The number of hydrogen-bond donors (Lipinski definition) is 0. The molecule has 1 aromatic rings. The third-order valence-corrected chi connectivity index (χ3v) is 4.75. The van der Waals surface area contributed by atoms with E-state index < -0.39 is 5.60 Å². The van der Waals surface area contributed by atoms with E-state index in [9.17, 15) is 4.79 Å². The lowest BCUT2D eigenvalue weighted by atomic mass is 9.89. The fourth-order valence-corrected chi connectivity index (χ4v) is 3.33. The van der Waals surface area contributed by atoms with Crippen molar-refractivity contribution in [2.45, 2.75) is 51.7 Å². The van der Waals surface area contributed by atoms with Gasteiger partial charge in [0.2, 0.25) is 0 Å². The Morgan fingerprint density at radius 1 is 1.16 bits per heavy atom. The van der Waals surface area contributed by atoms with Crippen LogP contribution in [0, 0.1) is 0 Å². The zero-order chi connectivity index (χ0) is 18.1. The summed E-state index contributed by atoms with van der Waals surface area (Å²) in [5.74, 6) is 0. The molecule has 0 N–H and O–H groups in total. The zero-order valence-electron chi connectivity index (χ0n) is 15.6. The van der Waals surface area contributed by atoms with Gasteiger partial charge in [0.1, 0.15) is 17.5 Å². The number of ether oxygens (including phenoxy) is 2. The van der Waals surface area contributed by atoms with Crippen molar-refractivity contribution in [3.05, 3.63) is 42.3 Å². The second-order valence-corrected chi connectivity index (χ2v) is 7.95. The number of likely N-dealkylation sites (tertiary alicyclic amines) is 1. The zero-order valence-corrected chi connectivity index (χ0v) is 15.6. The SMILES string of the molecule is CC1=COC2(CCN(C(=O)OC(C)(C)C)CC2)CN1c1ccccc1. The number of carbonyl (C=O) groups is 1. The van der Waals surface area contributed by atoms with Crippen molar-refractivity contribution in [2.75, 3.05) is 24.5 Å². The Hall–Kier alpha value is -2.17. The number of rotatable bonds is 1. The molecule has 2 aliphatic rings. The minimum absolute atomic E-state index is 0.232. The molecule has 5 heteroatoms. The molecule has 1 aromatic carbocycles. The highest BCUT2D eigenvalue weighted by Gasteiger charge is 2.42. The molecular formula is C20H28N2O3.